The highest BCUT2D eigenvalue weighted by molar-refractivity contribution is 5.76. The highest BCUT2D eigenvalue weighted by atomic mass is 16.6. The Morgan fingerprint density at radius 3 is 2.48 bits per heavy atom. The Hall–Kier alpha value is -1.86. The molecule has 1 atom stereocenters. The van der Waals surface area contributed by atoms with Gasteiger partial charge in [0.15, 0.2) is 0 Å². The Bertz CT molecular complexity index is 454. The number of methoxy groups -OCH3 is 1. The zero-order valence-electron chi connectivity index (χ0n) is 12.5. The van der Waals surface area contributed by atoms with E-state index in [2.05, 4.69) is 10.6 Å². The third-order valence-electron chi connectivity index (χ3n) is 2.94. The second-order valence-corrected chi connectivity index (χ2v) is 4.71. The molecule has 0 amide bonds. The zero-order valence-corrected chi connectivity index (χ0v) is 12.5. The number of aliphatic hydroxyl groups excluding tert-OH is 1. The lowest BCUT2D eigenvalue weighted by atomic mass is 10.2. The molecule has 0 saturated heterocycles. The van der Waals surface area contributed by atoms with E-state index >= 15 is 0 Å². The molecule has 1 rings (SSSR count). The molecular formula is C14H23N3O4. The number of benzene rings is 1. The zero-order chi connectivity index (χ0) is 15.7. The van der Waals surface area contributed by atoms with E-state index in [1.165, 1.54) is 7.11 Å². The van der Waals surface area contributed by atoms with E-state index in [4.69, 9.17) is 4.74 Å². The summed E-state index contributed by atoms with van der Waals surface area (Å²) < 4.78 is 4.84. The molecule has 0 fully saturated rings. The molecule has 0 saturated carbocycles. The molecule has 0 heterocycles. The third-order valence-corrected chi connectivity index (χ3v) is 2.94. The van der Waals surface area contributed by atoms with Gasteiger partial charge in [0.2, 0.25) is 0 Å². The molecule has 0 aliphatic carbocycles. The van der Waals surface area contributed by atoms with Crippen LogP contribution in [0.4, 0.5) is 17.1 Å². The fraction of sp³-hybridized carbons (Fsp3) is 0.571. The van der Waals surface area contributed by atoms with E-state index in [0.29, 0.717) is 30.9 Å². The van der Waals surface area contributed by atoms with Gasteiger partial charge in [-0.25, -0.2) is 0 Å². The van der Waals surface area contributed by atoms with Gasteiger partial charge in [0.25, 0.3) is 0 Å². The van der Waals surface area contributed by atoms with Gasteiger partial charge < -0.3 is 20.5 Å². The van der Waals surface area contributed by atoms with Crippen molar-refractivity contribution in [1.29, 1.82) is 0 Å². The third kappa shape index (κ3) is 5.57. The lowest BCUT2D eigenvalue weighted by molar-refractivity contribution is -0.383. The molecule has 1 aromatic rings. The first-order valence-corrected chi connectivity index (χ1v) is 7.02. The van der Waals surface area contributed by atoms with Crippen LogP contribution in [0.5, 0.6) is 0 Å². The smallest absolute Gasteiger partial charge is 0.315 e. The van der Waals surface area contributed by atoms with Crippen molar-refractivity contribution in [1.82, 2.24) is 0 Å². The number of anilines is 2. The molecule has 21 heavy (non-hydrogen) atoms. The molecule has 0 bridgehead atoms. The monoisotopic (exact) mass is 297 g/mol. The van der Waals surface area contributed by atoms with Gasteiger partial charge in [-0.3, -0.25) is 10.1 Å². The molecule has 1 unspecified atom stereocenters. The molecule has 1 aromatic carbocycles. The van der Waals surface area contributed by atoms with Gasteiger partial charge in [-0.15, -0.1) is 0 Å². The maximum Gasteiger partial charge on any atom is 0.315 e. The Labute approximate surface area is 124 Å². The second-order valence-electron chi connectivity index (χ2n) is 4.71. The van der Waals surface area contributed by atoms with Crippen LogP contribution in [0.15, 0.2) is 18.2 Å². The molecule has 0 aliphatic heterocycles. The van der Waals surface area contributed by atoms with Crippen molar-refractivity contribution in [3.8, 4) is 0 Å². The average Bonchev–Trinajstić information content (AvgIpc) is 2.45. The number of nitrogens with zero attached hydrogens (tertiary/aromatic N) is 1. The Morgan fingerprint density at radius 1 is 1.33 bits per heavy atom. The van der Waals surface area contributed by atoms with Crippen molar-refractivity contribution in [3.63, 3.8) is 0 Å². The number of nitrogens with one attached hydrogen (secondary N) is 2. The highest BCUT2D eigenvalue weighted by Crippen LogP contribution is 2.32. The maximum atomic E-state index is 11.3. The van der Waals surface area contributed by atoms with Crippen molar-refractivity contribution in [2.75, 3.05) is 37.4 Å². The van der Waals surface area contributed by atoms with E-state index in [0.717, 1.165) is 6.42 Å². The van der Waals surface area contributed by atoms with E-state index in [1.54, 1.807) is 18.2 Å². The summed E-state index contributed by atoms with van der Waals surface area (Å²) in [5, 5.41) is 26.9. The maximum absolute atomic E-state index is 11.3. The van der Waals surface area contributed by atoms with E-state index < -0.39 is 11.0 Å². The summed E-state index contributed by atoms with van der Waals surface area (Å²) >= 11 is 0. The van der Waals surface area contributed by atoms with Gasteiger partial charge in [0.1, 0.15) is 11.4 Å². The molecule has 0 aliphatic rings. The van der Waals surface area contributed by atoms with Crippen LogP contribution >= 0.6 is 0 Å². The molecule has 7 heteroatoms. The predicted octanol–water partition coefficient (Wildman–Crippen LogP) is 2.23. The van der Waals surface area contributed by atoms with Crippen LogP contribution in [-0.4, -0.2) is 42.9 Å². The number of ether oxygens (including phenoxy) is 1. The number of para-hydroxylation sites is 1. The van der Waals surface area contributed by atoms with Crippen molar-refractivity contribution in [3.05, 3.63) is 28.3 Å². The second kappa shape index (κ2) is 9.15. The summed E-state index contributed by atoms with van der Waals surface area (Å²) in [6.07, 6.45) is 0.762. The minimum Gasteiger partial charge on any atom is -0.391 e. The van der Waals surface area contributed by atoms with Crippen LogP contribution < -0.4 is 10.6 Å². The molecular weight excluding hydrogens is 274 g/mol. The van der Waals surface area contributed by atoms with Crippen molar-refractivity contribution >= 4 is 17.1 Å². The first-order valence-electron chi connectivity index (χ1n) is 7.02. The van der Waals surface area contributed by atoms with Crippen LogP contribution in [0, 0.1) is 10.1 Å². The van der Waals surface area contributed by atoms with Crippen LogP contribution in [-0.2, 0) is 4.74 Å². The SMILES string of the molecule is CCCNc1cccc(NCCC(O)COC)c1[N+](=O)[O-]. The minimum atomic E-state index is -0.581. The van der Waals surface area contributed by atoms with Crippen LogP contribution in [0.1, 0.15) is 19.8 Å². The number of rotatable bonds is 10. The number of nitro benzene ring substituents is 1. The number of hydrogen-bond donors (Lipinski definition) is 3. The quantitative estimate of drug-likeness (QED) is 0.452. The standard InChI is InChI=1S/C14H23N3O4/c1-3-8-15-12-5-4-6-13(14(12)17(19)20)16-9-7-11(18)10-21-2/h4-6,11,15-16,18H,3,7-10H2,1-2H3. The first kappa shape index (κ1) is 17.2. The lowest BCUT2D eigenvalue weighted by Crippen LogP contribution is -2.18. The fourth-order valence-corrected chi connectivity index (χ4v) is 1.93. The van der Waals surface area contributed by atoms with E-state index in [9.17, 15) is 15.2 Å². The predicted molar refractivity (Wildman–Crippen MR) is 82.9 cm³/mol. The lowest BCUT2D eigenvalue weighted by Gasteiger charge is -2.13. The molecule has 3 N–H and O–H groups in total. The van der Waals surface area contributed by atoms with Gasteiger partial charge in [0.05, 0.1) is 17.6 Å². The van der Waals surface area contributed by atoms with Crippen LogP contribution in [0.2, 0.25) is 0 Å². The van der Waals surface area contributed by atoms with Crippen molar-refractivity contribution in [2.24, 2.45) is 0 Å². The average molecular weight is 297 g/mol. The normalized spacial score (nSPS) is 12.0. The van der Waals surface area contributed by atoms with Gasteiger partial charge in [-0.2, -0.15) is 0 Å². The molecule has 0 aromatic heterocycles. The Balaban J connectivity index is 2.74. The van der Waals surface area contributed by atoms with Crippen molar-refractivity contribution < 1.29 is 14.8 Å². The van der Waals surface area contributed by atoms with Gasteiger partial charge in [0, 0.05) is 20.2 Å². The topological polar surface area (TPSA) is 96.7 Å². The van der Waals surface area contributed by atoms with Gasteiger partial charge >= 0.3 is 5.69 Å². The summed E-state index contributed by atoms with van der Waals surface area (Å²) in [4.78, 5) is 10.9. The molecule has 0 spiro atoms. The van der Waals surface area contributed by atoms with Gasteiger partial charge in [-0.1, -0.05) is 13.0 Å². The molecule has 7 nitrogen and oxygen atoms in total. The number of hydrogen-bond acceptors (Lipinski definition) is 6. The number of nitro groups is 1. The molecule has 0 radical (unpaired) electrons. The summed E-state index contributed by atoms with van der Waals surface area (Å²) in [6.45, 7) is 3.36. The fourth-order valence-electron chi connectivity index (χ4n) is 1.93. The van der Waals surface area contributed by atoms with Crippen LogP contribution in [0.3, 0.4) is 0 Å². The van der Waals surface area contributed by atoms with Crippen LogP contribution in [0.25, 0.3) is 0 Å². The van der Waals surface area contributed by atoms with Gasteiger partial charge in [-0.05, 0) is 25.0 Å². The largest absolute Gasteiger partial charge is 0.391 e. The highest BCUT2D eigenvalue weighted by Gasteiger charge is 2.19. The summed E-state index contributed by atoms with van der Waals surface area (Å²) in [6, 6.07) is 5.12. The van der Waals surface area contributed by atoms with E-state index in [-0.39, 0.29) is 12.3 Å². The van der Waals surface area contributed by atoms with E-state index in [1.807, 2.05) is 6.92 Å². The first-order chi connectivity index (χ1) is 10.1. The molecule has 118 valence electrons. The summed E-state index contributed by atoms with van der Waals surface area (Å²) in [7, 11) is 1.52. The number of aliphatic hydroxyl groups is 1. The minimum absolute atomic E-state index is 0.0344. The summed E-state index contributed by atoms with van der Waals surface area (Å²) in [5.41, 5.74) is 0.988. The summed E-state index contributed by atoms with van der Waals surface area (Å²) in [5.74, 6) is 0. The van der Waals surface area contributed by atoms with Crippen molar-refractivity contribution in [2.45, 2.75) is 25.9 Å². The Kier molecular flexibility index (Phi) is 7.49. The Morgan fingerprint density at radius 2 is 1.95 bits per heavy atom.